The van der Waals surface area contributed by atoms with Gasteiger partial charge in [-0.2, -0.15) is 0 Å². The first kappa shape index (κ1) is 23.8. The maximum absolute atomic E-state index is 12.9. The molecule has 4 rings (SSSR count). The van der Waals surface area contributed by atoms with Gasteiger partial charge in [0.25, 0.3) is 11.8 Å². The van der Waals surface area contributed by atoms with Crippen LogP contribution in [0, 0.1) is 0 Å². The molecular weight excluding hydrogens is 456 g/mol. The molecule has 2 aromatic rings. The van der Waals surface area contributed by atoms with E-state index in [-0.39, 0.29) is 42.6 Å². The summed E-state index contributed by atoms with van der Waals surface area (Å²) in [5.74, 6) is -0.510. The lowest BCUT2D eigenvalue weighted by Gasteiger charge is -2.33. The number of hydrogen-bond acceptors (Lipinski definition) is 4. The van der Waals surface area contributed by atoms with Gasteiger partial charge < -0.3 is 15.5 Å². The van der Waals surface area contributed by atoms with E-state index in [4.69, 9.17) is 11.6 Å². The maximum atomic E-state index is 12.9. The smallest absolute Gasteiger partial charge is 0.319 e. The summed E-state index contributed by atoms with van der Waals surface area (Å²) in [5.41, 5.74) is 3.82. The average Bonchev–Trinajstić information content (AvgIpc) is 3.11. The highest BCUT2D eigenvalue weighted by Gasteiger charge is 2.41. The molecule has 0 aromatic heterocycles. The number of carbonyl (C=O) groups is 4. The Morgan fingerprint density at radius 2 is 1.91 bits per heavy atom. The van der Waals surface area contributed by atoms with Crippen molar-refractivity contribution < 1.29 is 19.2 Å². The summed E-state index contributed by atoms with van der Waals surface area (Å²) >= 11 is 6.16. The number of likely N-dealkylation sites (N-methyl/N-ethyl adjacent to an activating group) is 1. The van der Waals surface area contributed by atoms with Crippen molar-refractivity contribution in [2.24, 2.45) is 0 Å². The molecule has 2 N–H and O–H groups in total. The lowest BCUT2D eigenvalue weighted by molar-refractivity contribution is -0.150. The zero-order chi connectivity index (χ0) is 24.6. The van der Waals surface area contributed by atoms with Crippen LogP contribution in [-0.4, -0.2) is 46.6 Å². The van der Waals surface area contributed by atoms with Gasteiger partial charge in [0.2, 0.25) is 5.91 Å². The number of hydrogen-bond donors (Lipinski definition) is 2. The van der Waals surface area contributed by atoms with Crippen LogP contribution in [0.5, 0.6) is 0 Å². The van der Waals surface area contributed by atoms with Gasteiger partial charge in [0, 0.05) is 42.8 Å². The third-order valence-corrected chi connectivity index (χ3v) is 6.52. The van der Waals surface area contributed by atoms with Gasteiger partial charge in [0.15, 0.2) is 0 Å². The molecule has 178 valence electrons. The summed E-state index contributed by atoms with van der Waals surface area (Å²) in [6, 6.07) is 9.84. The molecule has 1 saturated heterocycles. The number of carbonyl (C=O) groups excluding carboxylic acids is 4. The Morgan fingerprint density at radius 1 is 1.15 bits per heavy atom. The van der Waals surface area contributed by atoms with Gasteiger partial charge in [-0.1, -0.05) is 37.6 Å². The summed E-state index contributed by atoms with van der Waals surface area (Å²) in [4.78, 5) is 52.3. The quantitative estimate of drug-likeness (QED) is 0.631. The third-order valence-electron chi connectivity index (χ3n) is 6.30. The molecule has 5 amide bonds. The van der Waals surface area contributed by atoms with E-state index in [0.29, 0.717) is 29.2 Å². The van der Waals surface area contributed by atoms with Gasteiger partial charge in [0.1, 0.15) is 6.04 Å². The van der Waals surface area contributed by atoms with Crippen LogP contribution in [0.3, 0.4) is 0 Å². The monoisotopic (exact) mass is 482 g/mol. The molecule has 2 aliphatic heterocycles. The molecule has 34 heavy (non-hydrogen) atoms. The second-order valence-electron chi connectivity index (χ2n) is 9.01. The minimum atomic E-state index is -0.636. The van der Waals surface area contributed by atoms with E-state index in [1.54, 1.807) is 18.2 Å². The molecule has 8 nitrogen and oxygen atoms in total. The number of halogens is 1. The fourth-order valence-electron chi connectivity index (χ4n) is 4.32. The Balaban J connectivity index is 1.39. The van der Waals surface area contributed by atoms with Gasteiger partial charge >= 0.3 is 6.03 Å². The number of anilines is 1. The van der Waals surface area contributed by atoms with Crippen molar-refractivity contribution >= 4 is 41.0 Å². The van der Waals surface area contributed by atoms with Crippen molar-refractivity contribution in [3.8, 4) is 0 Å². The van der Waals surface area contributed by atoms with Crippen LogP contribution in [0.25, 0.3) is 0 Å². The van der Waals surface area contributed by atoms with Crippen LogP contribution in [0.1, 0.15) is 59.7 Å². The molecular formula is C25H27ClN4O4. The van der Waals surface area contributed by atoms with Crippen molar-refractivity contribution in [3.63, 3.8) is 0 Å². The predicted octanol–water partition coefficient (Wildman–Crippen LogP) is 3.89. The standard InChI is InChI=1S/C25H27ClN4O4/c1-14(2)16-9-18(26)11-19(10-16)28-25(34)27-12-15-4-5-20-17(8-15)13-30(23(20)32)21-6-7-22(31)29(3)24(21)33/h4-5,8-11,14,21H,6-7,12-13H2,1-3H3,(H2,27,28,34). The first-order valence-electron chi connectivity index (χ1n) is 11.2. The van der Waals surface area contributed by atoms with E-state index in [9.17, 15) is 19.2 Å². The summed E-state index contributed by atoms with van der Waals surface area (Å²) in [6.07, 6.45) is 0.570. The Kier molecular flexibility index (Phi) is 6.61. The van der Waals surface area contributed by atoms with Gasteiger partial charge in [-0.05, 0) is 53.3 Å². The van der Waals surface area contributed by atoms with E-state index < -0.39 is 6.04 Å². The molecule has 0 saturated carbocycles. The number of benzene rings is 2. The number of piperidine rings is 1. The Labute approximate surface area is 203 Å². The normalized spacial score (nSPS) is 17.9. The highest BCUT2D eigenvalue weighted by atomic mass is 35.5. The Bertz CT molecular complexity index is 1180. The summed E-state index contributed by atoms with van der Waals surface area (Å²) in [6.45, 7) is 4.67. The van der Waals surface area contributed by atoms with Crippen LogP contribution < -0.4 is 10.6 Å². The van der Waals surface area contributed by atoms with E-state index in [1.165, 1.54) is 11.9 Å². The third kappa shape index (κ3) is 4.77. The lowest BCUT2D eigenvalue weighted by atomic mass is 10.0. The molecule has 0 bridgehead atoms. The number of fused-ring (bicyclic) bond motifs is 1. The minimum absolute atomic E-state index is 0.213. The zero-order valence-corrected chi connectivity index (χ0v) is 20.1. The molecule has 2 aromatic carbocycles. The molecule has 0 spiro atoms. The van der Waals surface area contributed by atoms with Crippen LogP contribution in [-0.2, 0) is 22.7 Å². The van der Waals surface area contributed by atoms with Gasteiger partial charge in [-0.25, -0.2) is 4.79 Å². The van der Waals surface area contributed by atoms with E-state index >= 15 is 0 Å². The number of nitrogens with one attached hydrogen (secondary N) is 2. The predicted molar refractivity (Wildman–Crippen MR) is 129 cm³/mol. The molecule has 1 unspecified atom stereocenters. The molecule has 2 heterocycles. The molecule has 2 aliphatic rings. The number of urea groups is 1. The molecule has 0 aliphatic carbocycles. The highest BCUT2D eigenvalue weighted by Crippen LogP contribution is 2.29. The maximum Gasteiger partial charge on any atom is 0.319 e. The van der Waals surface area contributed by atoms with Gasteiger partial charge in [-0.3, -0.25) is 19.3 Å². The number of rotatable bonds is 5. The number of nitrogens with zero attached hydrogens (tertiary/aromatic N) is 2. The summed E-state index contributed by atoms with van der Waals surface area (Å²) < 4.78 is 0. The lowest BCUT2D eigenvalue weighted by Crippen LogP contribution is -2.53. The zero-order valence-electron chi connectivity index (χ0n) is 19.4. The largest absolute Gasteiger partial charge is 0.334 e. The fourth-order valence-corrected chi connectivity index (χ4v) is 4.56. The number of amides is 5. The second-order valence-corrected chi connectivity index (χ2v) is 9.44. The first-order chi connectivity index (χ1) is 16.1. The summed E-state index contributed by atoms with van der Waals surface area (Å²) in [5, 5.41) is 6.18. The fraction of sp³-hybridized carbons (Fsp3) is 0.360. The number of imide groups is 1. The SMILES string of the molecule is CC(C)c1cc(Cl)cc(NC(=O)NCc2ccc3c(c2)CN(C2CCC(=O)N(C)C2=O)C3=O)c1. The minimum Gasteiger partial charge on any atom is -0.334 e. The van der Waals surface area contributed by atoms with Gasteiger partial charge in [-0.15, -0.1) is 0 Å². The first-order valence-corrected chi connectivity index (χ1v) is 11.6. The van der Waals surface area contributed by atoms with Crippen molar-refractivity contribution in [2.75, 3.05) is 12.4 Å². The van der Waals surface area contributed by atoms with Crippen molar-refractivity contribution in [2.45, 2.75) is 51.7 Å². The van der Waals surface area contributed by atoms with Gasteiger partial charge in [0.05, 0.1) is 0 Å². The van der Waals surface area contributed by atoms with Crippen LogP contribution in [0.15, 0.2) is 36.4 Å². The van der Waals surface area contributed by atoms with E-state index in [1.807, 2.05) is 18.2 Å². The molecule has 1 atom stereocenters. The highest BCUT2D eigenvalue weighted by molar-refractivity contribution is 6.31. The second kappa shape index (κ2) is 9.46. The van der Waals surface area contributed by atoms with E-state index in [2.05, 4.69) is 24.5 Å². The van der Waals surface area contributed by atoms with E-state index in [0.717, 1.165) is 21.6 Å². The molecule has 0 radical (unpaired) electrons. The van der Waals surface area contributed by atoms with Crippen molar-refractivity contribution in [1.29, 1.82) is 0 Å². The average molecular weight is 483 g/mol. The van der Waals surface area contributed by atoms with Crippen LogP contribution in [0.2, 0.25) is 5.02 Å². The molecule has 9 heteroatoms. The number of likely N-dealkylation sites (tertiary alicyclic amines) is 1. The summed E-state index contributed by atoms with van der Waals surface area (Å²) in [7, 11) is 1.45. The van der Waals surface area contributed by atoms with Crippen LogP contribution >= 0.6 is 11.6 Å². The molecule has 1 fully saturated rings. The van der Waals surface area contributed by atoms with Crippen molar-refractivity contribution in [3.05, 3.63) is 63.7 Å². The van der Waals surface area contributed by atoms with Crippen LogP contribution in [0.4, 0.5) is 10.5 Å². The Morgan fingerprint density at radius 3 is 2.65 bits per heavy atom. The van der Waals surface area contributed by atoms with Crippen molar-refractivity contribution in [1.82, 2.24) is 15.1 Å². The Hall–Kier alpha value is -3.39. The topological polar surface area (TPSA) is 98.8 Å².